The second-order valence-corrected chi connectivity index (χ2v) is 6.62. The largest absolute Gasteiger partial charge is 0.493 e. The molecule has 2 aliphatic rings. The maximum atomic E-state index is 5.79. The maximum absolute atomic E-state index is 5.79. The predicted octanol–water partition coefficient (Wildman–Crippen LogP) is 4.73. The normalized spacial score (nSPS) is 16.8. The van der Waals surface area contributed by atoms with Gasteiger partial charge in [-0.15, -0.1) is 0 Å². The molecule has 1 fully saturated rings. The van der Waals surface area contributed by atoms with Gasteiger partial charge < -0.3 is 9.64 Å². The van der Waals surface area contributed by atoms with Crippen LogP contribution < -0.4 is 9.64 Å². The molecular formula is C20H23NO. The number of ether oxygens (including phenoxy) is 1. The van der Waals surface area contributed by atoms with Crippen molar-refractivity contribution in [1.82, 2.24) is 0 Å². The summed E-state index contributed by atoms with van der Waals surface area (Å²) in [5.74, 6) is 2.00. The van der Waals surface area contributed by atoms with E-state index in [1.54, 1.807) is 0 Å². The lowest BCUT2D eigenvalue weighted by Crippen LogP contribution is -2.12. The Kier molecular flexibility index (Phi) is 3.53. The zero-order valence-electron chi connectivity index (χ0n) is 13.2. The quantitative estimate of drug-likeness (QED) is 0.808. The number of hydrogen-bond donors (Lipinski definition) is 0. The van der Waals surface area contributed by atoms with Crippen LogP contribution >= 0.6 is 0 Å². The highest BCUT2D eigenvalue weighted by molar-refractivity contribution is 5.65. The van der Waals surface area contributed by atoms with Gasteiger partial charge in [0, 0.05) is 24.5 Å². The number of fused-ring (bicyclic) bond motifs is 1. The van der Waals surface area contributed by atoms with E-state index in [1.807, 2.05) is 0 Å². The monoisotopic (exact) mass is 293 g/mol. The van der Waals surface area contributed by atoms with E-state index in [1.165, 1.54) is 41.8 Å². The van der Waals surface area contributed by atoms with Crippen LogP contribution in [0.5, 0.6) is 5.75 Å². The molecule has 0 atom stereocenters. The van der Waals surface area contributed by atoms with Crippen LogP contribution in [-0.2, 0) is 12.8 Å². The van der Waals surface area contributed by atoms with Gasteiger partial charge in [-0.05, 0) is 67.3 Å². The van der Waals surface area contributed by atoms with E-state index in [9.17, 15) is 0 Å². The Hall–Kier alpha value is -1.96. The molecule has 1 aliphatic carbocycles. The molecule has 0 amide bonds. The number of hydrogen-bond acceptors (Lipinski definition) is 2. The lowest BCUT2D eigenvalue weighted by molar-refractivity contribution is 0.288. The Balaban J connectivity index is 1.53. The van der Waals surface area contributed by atoms with Gasteiger partial charge >= 0.3 is 0 Å². The van der Waals surface area contributed by atoms with Crippen LogP contribution in [0.4, 0.5) is 11.4 Å². The van der Waals surface area contributed by atoms with Gasteiger partial charge in [-0.2, -0.15) is 0 Å². The zero-order valence-corrected chi connectivity index (χ0v) is 13.2. The Bertz CT molecular complexity index is 658. The zero-order chi connectivity index (χ0) is 14.9. The third-order valence-corrected chi connectivity index (χ3v) is 4.83. The van der Waals surface area contributed by atoms with E-state index in [2.05, 4.69) is 54.4 Å². The molecule has 114 valence electrons. The van der Waals surface area contributed by atoms with E-state index in [-0.39, 0.29) is 0 Å². The molecule has 2 aromatic carbocycles. The van der Waals surface area contributed by atoms with Crippen molar-refractivity contribution in [3.63, 3.8) is 0 Å². The topological polar surface area (TPSA) is 12.5 Å². The first-order chi connectivity index (χ1) is 10.8. The molecule has 4 rings (SSSR count). The molecule has 2 nitrogen and oxygen atoms in total. The molecule has 1 aliphatic heterocycles. The second-order valence-electron chi connectivity index (χ2n) is 6.62. The number of nitrogens with zero attached hydrogens (tertiary/aromatic N) is 1. The van der Waals surface area contributed by atoms with Crippen LogP contribution in [0.3, 0.4) is 0 Å². The molecule has 0 N–H and O–H groups in total. The lowest BCUT2D eigenvalue weighted by Gasteiger charge is -2.23. The first-order valence-electron chi connectivity index (χ1n) is 8.38. The lowest BCUT2D eigenvalue weighted by atomic mass is 10.1. The van der Waals surface area contributed by atoms with Gasteiger partial charge in [-0.3, -0.25) is 0 Å². The number of benzene rings is 2. The predicted molar refractivity (Wildman–Crippen MR) is 91.2 cm³/mol. The van der Waals surface area contributed by atoms with E-state index in [0.717, 1.165) is 31.1 Å². The third-order valence-electron chi connectivity index (χ3n) is 4.83. The molecule has 2 heteroatoms. The number of aryl methyl sites for hydroxylation is 1. The first-order valence-corrected chi connectivity index (χ1v) is 8.38. The van der Waals surface area contributed by atoms with Crippen molar-refractivity contribution in [2.75, 3.05) is 18.6 Å². The smallest absolute Gasteiger partial charge is 0.124 e. The summed E-state index contributed by atoms with van der Waals surface area (Å²) in [4.78, 5) is 2.24. The molecule has 0 radical (unpaired) electrons. The average molecular weight is 293 g/mol. The average Bonchev–Trinajstić information content (AvgIpc) is 3.38. The third kappa shape index (κ3) is 2.83. The summed E-state index contributed by atoms with van der Waals surface area (Å²) >= 11 is 0. The van der Waals surface area contributed by atoms with Gasteiger partial charge in [0.1, 0.15) is 5.75 Å². The van der Waals surface area contributed by atoms with Gasteiger partial charge in [0.2, 0.25) is 0 Å². The van der Waals surface area contributed by atoms with Crippen molar-refractivity contribution in [1.29, 1.82) is 0 Å². The minimum Gasteiger partial charge on any atom is -0.493 e. The number of rotatable bonds is 4. The van der Waals surface area contributed by atoms with Crippen molar-refractivity contribution in [2.45, 2.75) is 32.1 Å². The minimum atomic E-state index is 0.843. The van der Waals surface area contributed by atoms with Gasteiger partial charge in [-0.25, -0.2) is 0 Å². The molecular weight excluding hydrogens is 270 g/mol. The Morgan fingerprint density at radius 2 is 1.82 bits per heavy atom. The molecule has 0 bridgehead atoms. The Morgan fingerprint density at radius 3 is 2.59 bits per heavy atom. The second kappa shape index (κ2) is 5.68. The fraction of sp³-hybridized carbons (Fsp3) is 0.400. The van der Waals surface area contributed by atoms with Gasteiger partial charge in [0.15, 0.2) is 0 Å². The van der Waals surface area contributed by atoms with Crippen LogP contribution in [0, 0.1) is 5.92 Å². The minimum absolute atomic E-state index is 0.843. The Labute approximate surface area is 132 Å². The van der Waals surface area contributed by atoms with Crippen molar-refractivity contribution in [2.24, 2.45) is 5.92 Å². The molecule has 0 saturated heterocycles. The summed E-state index contributed by atoms with van der Waals surface area (Å²) in [6.07, 6.45) is 6.34. The van der Waals surface area contributed by atoms with Crippen molar-refractivity contribution in [3.05, 3.63) is 53.6 Å². The highest BCUT2D eigenvalue weighted by Gasteiger charge is 2.21. The van der Waals surface area contributed by atoms with Crippen molar-refractivity contribution >= 4 is 11.4 Å². The van der Waals surface area contributed by atoms with Crippen molar-refractivity contribution < 1.29 is 4.74 Å². The molecule has 1 saturated carbocycles. The van der Waals surface area contributed by atoms with Gasteiger partial charge in [0.25, 0.3) is 0 Å². The van der Waals surface area contributed by atoms with E-state index in [4.69, 9.17) is 4.74 Å². The molecule has 0 spiro atoms. The highest BCUT2D eigenvalue weighted by Crippen LogP contribution is 2.34. The van der Waals surface area contributed by atoms with Gasteiger partial charge in [0.05, 0.1) is 6.61 Å². The first kappa shape index (κ1) is 13.7. The summed E-state index contributed by atoms with van der Waals surface area (Å²) in [6, 6.07) is 15.6. The molecule has 1 heterocycles. The number of anilines is 2. The van der Waals surface area contributed by atoms with Crippen LogP contribution in [0.1, 0.15) is 30.4 Å². The summed E-state index contributed by atoms with van der Waals surface area (Å²) in [6.45, 7) is 0.843. The molecule has 0 unspecified atom stereocenters. The molecule has 2 aromatic rings. The molecule has 0 aromatic heterocycles. The molecule has 22 heavy (non-hydrogen) atoms. The SMILES string of the molecule is CN(c1ccc(CC2CC2)cc1)c1ccc2c(c1)OCCC2. The highest BCUT2D eigenvalue weighted by atomic mass is 16.5. The summed E-state index contributed by atoms with van der Waals surface area (Å²) in [5, 5.41) is 0. The van der Waals surface area contributed by atoms with Crippen LogP contribution in [0.25, 0.3) is 0 Å². The van der Waals surface area contributed by atoms with E-state index >= 15 is 0 Å². The summed E-state index contributed by atoms with van der Waals surface area (Å²) in [7, 11) is 2.13. The Morgan fingerprint density at radius 1 is 1.05 bits per heavy atom. The fourth-order valence-electron chi connectivity index (χ4n) is 3.20. The standard InChI is InChI=1S/C20H23NO/c1-21(18-9-6-16(7-10-18)13-15-4-5-15)19-11-8-17-3-2-12-22-20(17)14-19/h6-11,14-15H,2-5,12-13H2,1H3. The van der Waals surface area contributed by atoms with E-state index in [0.29, 0.717) is 0 Å². The van der Waals surface area contributed by atoms with Crippen LogP contribution in [0.15, 0.2) is 42.5 Å². The van der Waals surface area contributed by atoms with Crippen LogP contribution in [0.2, 0.25) is 0 Å². The van der Waals surface area contributed by atoms with Crippen LogP contribution in [-0.4, -0.2) is 13.7 Å². The van der Waals surface area contributed by atoms with Gasteiger partial charge in [-0.1, -0.05) is 18.2 Å². The maximum Gasteiger partial charge on any atom is 0.124 e. The fourth-order valence-corrected chi connectivity index (χ4v) is 3.20. The summed E-state index contributed by atoms with van der Waals surface area (Å²) in [5.41, 5.74) is 5.22. The van der Waals surface area contributed by atoms with Crippen molar-refractivity contribution in [3.8, 4) is 5.75 Å². The van der Waals surface area contributed by atoms with E-state index < -0.39 is 0 Å². The summed E-state index contributed by atoms with van der Waals surface area (Å²) < 4.78 is 5.79.